The number of tetrazole rings is 1. The second-order valence-electron chi connectivity index (χ2n) is 2.82. The minimum atomic E-state index is 0.661. The Hall–Kier alpha value is -1.50. The molecule has 0 atom stereocenters. The van der Waals surface area contributed by atoms with Gasteiger partial charge in [-0.2, -0.15) is 4.80 Å². The zero-order valence-electron chi connectivity index (χ0n) is 7.84. The van der Waals surface area contributed by atoms with Gasteiger partial charge in [0.1, 0.15) is 5.82 Å². The van der Waals surface area contributed by atoms with Crippen molar-refractivity contribution in [1.82, 2.24) is 25.2 Å². The molecular formula is C8H9BrN6. The maximum Gasteiger partial charge on any atom is 0.162 e. The Balaban J connectivity index is 1.83. The lowest BCUT2D eigenvalue weighted by Crippen LogP contribution is -2.13. The van der Waals surface area contributed by atoms with Crippen molar-refractivity contribution in [2.45, 2.75) is 6.54 Å². The van der Waals surface area contributed by atoms with Crippen molar-refractivity contribution < 1.29 is 0 Å². The van der Waals surface area contributed by atoms with Gasteiger partial charge in [0.25, 0.3) is 0 Å². The zero-order valence-corrected chi connectivity index (χ0v) is 9.42. The van der Waals surface area contributed by atoms with Crippen molar-refractivity contribution >= 4 is 21.7 Å². The monoisotopic (exact) mass is 268 g/mol. The largest absolute Gasteiger partial charge is 0.368 e. The zero-order chi connectivity index (χ0) is 10.5. The van der Waals surface area contributed by atoms with E-state index in [-0.39, 0.29) is 0 Å². The number of pyridine rings is 1. The van der Waals surface area contributed by atoms with Gasteiger partial charge in [0.15, 0.2) is 6.33 Å². The Morgan fingerprint density at radius 1 is 1.47 bits per heavy atom. The van der Waals surface area contributed by atoms with Gasteiger partial charge in [-0.3, -0.25) is 0 Å². The van der Waals surface area contributed by atoms with E-state index in [2.05, 4.69) is 41.6 Å². The second kappa shape index (κ2) is 4.83. The lowest BCUT2D eigenvalue weighted by molar-refractivity contribution is 0.538. The topological polar surface area (TPSA) is 68.5 Å². The molecule has 0 saturated carbocycles. The fourth-order valence-corrected chi connectivity index (χ4v) is 1.41. The van der Waals surface area contributed by atoms with Crippen LogP contribution in [0.15, 0.2) is 29.1 Å². The average molecular weight is 269 g/mol. The Kier molecular flexibility index (Phi) is 3.23. The van der Waals surface area contributed by atoms with Crippen molar-refractivity contribution in [1.29, 1.82) is 0 Å². The average Bonchev–Trinajstić information content (AvgIpc) is 2.71. The Morgan fingerprint density at radius 3 is 3.13 bits per heavy atom. The molecule has 0 aliphatic rings. The molecule has 15 heavy (non-hydrogen) atoms. The van der Waals surface area contributed by atoms with Crippen LogP contribution in [0.5, 0.6) is 0 Å². The Morgan fingerprint density at radius 2 is 2.40 bits per heavy atom. The van der Waals surface area contributed by atoms with Gasteiger partial charge in [0.05, 0.1) is 6.54 Å². The summed E-state index contributed by atoms with van der Waals surface area (Å²) in [5, 5.41) is 14.4. The molecule has 7 heteroatoms. The van der Waals surface area contributed by atoms with E-state index in [4.69, 9.17) is 0 Å². The molecule has 0 spiro atoms. The number of nitrogens with one attached hydrogen (secondary N) is 1. The van der Waals surface area contributed by atoms with Crippen LogP contribution in [0.4, 0.5) is 5.82 Å². The molecule has 2 heterocycles. The Bertz CT molecular complexity index is 415. The summed E-state index contributed by atoms with van der Waals surface area (Å²) in [5.74, 6) is 0.824. The van der Waals surface area contributed by atoms with E-state index in [9.17, 15) is 0 Å². The third-order valence-electron chi connectivity index (χ3n) is 1.73. The molecule has 6 nitrogen and oxygen atoms in total. The molecule has 1 N–H and O–H groups in total. The van der Waals surface area contributed by atoms with Crippen molar-refractivity contribution in [3.8, 4) is 0 Å². The van der Waals surface area contributed by atoms with Gasteiger partial charge in [-0.25, -0.2) is 4.98 Å². The molecule has 0 fully saturated rings. The first-order valence-corrected chi connectivity index (χ1v) is 5.20. The van der Waals surface area contributed by atoms with Crippen LogP contribution in [0.2, 0.25) is 0 Å². The SMILES string of the molecule is Brc1ccnc(NCCn2ncnn2)c1. The van der Waals surface area contributed by atoms with Crippen LogP contribution in [0.25, 0.3) is 0 Å². The molecule has 0 aromatic carbocycles. The summed E-state index contributed by atoms with van der Waals surface area (Å²) >= 11 is 3.37. The lowest BCUT2D eigenvalue weighted by Gasteiger charge is -2.04. The molecule has 0 amide bonds. The van der Waals surface area contributed by atoms with Gasteiger partial charge in [-0.1, -0.05) is 15.9 Å². The van der Waals surface area contributed by atoms with Gasteiger partial charge in [-0.05, 0) is 17.3 Å². The van der Waals surface area contributed by atoms with E-state index >= 15 is 0 Å². The molecule has 0 radical (unpaired) electrons. The van der Waals surface area contributed by atoms with Crippen LogP contribution in [0, 0.1) is 0 Å². The predicted molar refractivity (Wildman–Crippen MR) is 58.2 cm³/mol. The van der Waals surface area contributed by atoms with Gasteiger partial charge >= 0.3 is 0 Å². The van der Waals surface area contributed by atoms with Crippen LogP contribution in [0.1, 0.15) is 0 Å². The molecule has 0 saturated heterocycles. The second-order valence-corrected chi connectivity index (χ2v) is 3.73. The summed E-state index contributed by atoms with van der Waals surface area (Å²) in [4.78, 5) is 5.67. The fraction of sp³-hybridized carbons (Fsp3) is 0.250. The summed E-state index contributed by atoms with van der Waals surface area (Å²) in [6, 6.07) is 3.79. The van der Waals surface area contributed by atoms with E-state index < -0.39 is 0 Å². The molecular weight excluding hydrogens is 260 g/mol. The summed E-state index contributed by atoms with van der Waals surface area (Å²) in [6.07, 6.45) is 3.15. The predicted octanol–water partition coefficient (Wildman–Crippen LogP) is 0.943. The first-order chi connectivity index (χ1) is 7.34. The highest BCUT2D eigenvalue weighted by Gasteiger charge is 1.95. The molecule has 2 aromatic rings. The van der Waals surface area contributed by atoms with Crippen molar-refractivity contribution in [3.63, 3.8) is 0 Å². The lowest BCUT2D eigenvalue weighted by atomic mass is 10.4. The first kappa shape index (κ1) is 10.0. The summed E-state index contributed by atoms with van der Waals surface area (Å²) in [7, 11) is 0. The van der Waals surface area contributed by atoms with Crippen LogP contribution in [0.3, 0.4) is 0 Å². The number of nitrogens with zero attached hydrogens (tertiary/aromatic N) is 5. The van der Waals surface area contributed by atoms with E-state index in [0.717, 1.165) is 10.3 Å². The molecule has 78 valence electrons. The van der Waals surface area contributed by atoms with Crippen LogP contribution in [-0.4, -0.2) is 31.7 Å². The number of rotatable bonds is 4. The summed E-state index contributed by atoms with van der Waals surface area (Å²) in [6.45, 7) is 1.37. The standard InChI is InChI=1S/C8H9BrN6/c9-7-1-2-10-8(5-7)11-3-4-15-13-6-12-14-15/h1-2,5-6H,3-4H2,(H,10,11). The minimum Gasteiger partial charge on any atom is -0.368 e. The molecule has 0 bridgehead atoms. The van der Waals surface area contributed by atoms with Gasteiger partial charge in [0.2, 0.25) is 0 Å². The third kappa shape index (κ3) is 2.98. The maximum atomic E-state index is 4.15. The smallest absolute Gasteiger partial charge is 0.162 e. The van der Waals surface area contributed by atoms with E-state index in [1.807, 2.05) is 12.1 Å². The molecule has 0 aliphatic heterocycles. The number of anilines is 1. The van der Waals surface area contributed by atoms with Crippen LogP contribution in [-0.2, 0) is 6.54 Å². The quantitative estimate of drug-likeness (QED) is 0.894. The fourth-order valence-electron chi connectivity index (χ4n) is 1.08. The molecule has 0 unspecified atom stereocenters. The maximum absolute atomic E-state index is 4.15. The number of aromatic nitrogens is 5. The number of hydrogen-bond donors (Lipinski definition) is 1. The van der Waals surface area contributed by atoms with Crippen molar-refractivity contribution in [2.75, 3.05) is 11.9 Å². The van der Waals surface area contributed by atoms with Gasteiger partial charge < -0.3 is 5.32 Å². The molecule has 0 aliphatic carbocycles. The van der Waals surface area contributed by atoms with E-state index in [1.165, 1.54) is 11.1 Å². The van der Waals surface area contributed by atoms with Gasteiger partial charge in [0, 0.05) is 17.2 Å². The molecule has 2 aromatic heterocycles. The van der Waals surface area contributed by atoms with E-state index in [0.29, 0.717) is 13.1 Å². The van der Waals surface area contributed by atoms with Crippen molar-refractivity contribution in [3.05, 3.63) is 29.1 Å². The third-order valence-corrected chi connectivity index (χ3v) is 2.22. The summed E-state index contributed by atoms with van der Waals surface area (Å²) in [5.41, 5.74) is 0. The highest BCUT2D eigenvalue weighted by molar-refractivity contribution is 9.10. The summed E-state index contributed by atoms with van der Waals surface area (Å²) < 4.78 is 0.999. The minimum absolute atomic E-state index is 0.661. The van der Waals surface area contributed by atoms with Crippen LogP contribution < -0.4 is 5.32 Å². The van der Waals surface area contributed by atoms with E-state index in [1.54, 1.807) is 6.20 Å². The normalized spacial score (nSPS) is 10.2. The number of hydrogen-bond acceptors (Lipinski definition) is 5. The highest BCUT2D eigenvalue weighted by atomic mass is 79.9. The van der Waals surface area contributed by atoms with Gasteiger partial charge in [-0.15, -0.1) is 10.2 Å². The number of halogens is 1. The highest BCUT2D eigenvalue weighted by Crippen LogP contribution is 2.12. The molecule has 2 rings (SSSR count). The Labute approximate surface area is 94.8 Å². The van der Waals surface area contributed by atoms with Crippen molar-refractivity contribution in [2.24, 2.45) is 0 Å². The first-order valence-electron chi connectivity index (χ1n) is 4.41. The van der Waals surface area contributed by atoms with Crippen LogP contribution >= 0.6 is 15.9 Å².